The van der Waals surface area contributed by atoms with Crippen LogP contribution < -0.4 is 5.32 Å². The number of aromatic hydroxyl groups is 1. The number of carbonyl (C=O) groups excluding carboxylic acids is 2. The van der Waals surface area contributed by atoms with Crippen molar-refractivity contribution < 1.29 is 24.6 Å². The minimum Gasteiger partial charge on any atom is -0.507 e. The number of carboxylic acid groups (broad SMARTS) is 1. The van der Waals surface area contributed by atoms with E-state index in [1.807, 2.05) is 0 Å². The number of nitrogens with one attached hydrogen (secondary N) is 1. The van der Waals surface area contributed by atoms with Gasteiger partial charge in [0.15, 0.2) is 0 Å². The quantitative estimate of drug-likeness (QED) is 0.327. The third-order valence-corrected chi connectivity index (χ3v) is 5.21. The van der Waals surface area contributed by atoms with Crippen LogP contribution in [-0.4, -0.2) is 50.3 Å². The van der Waals surface area contributed by atoms with Gasteiger partial charge in [0.1, 0.15) is 16.6 Å². The van der Waals surface area contributed by atoms with Crippen LogP contribution in [0.4, 0.5) is 0 Å². The van der Waals surface area contributed by atoms with Crippen LogP contribution in [0.25, 0.3) is 6.08 Å². The summed E-state index contributed by atoms with van der Waals surface area (Å²) in [7, 11) is 0. The SMILES string of the molecule is O=C(O)CCCNC(=O)CN1C(=O)/C(=C/c2cc(Br)ccc2O)SC1=S. The molecule has 1 fully saturated rings. The van der Waals surface area contributed by atoms with Gasteiger partial charge in [0.05, 0.1) is 4.91 Å². The predicted octanol–water partition coefficient (Wildman–Crippen LogP) is 2.34. The number of hydrogen-bond donors (Lipinski definition) is 3. The second-order valence-electron chi connectivity index (χ2n) is 5.32. The summed E-state index contributed by atoms with van der Waals surface area (Å²) in [6.07, 6.45) is 1.78. The van der Waals surface area contributed by atoms with Gasteiger partial charge in [-0.25, -0.2) is 0 Å². The van der Waals surface area contributed by atoms with E-state index in [-0.39, 0.29) is 29.6 Å². The van der Waals surface area contributed by atoms with E-state index in [0.717, 1.165) is 16.2 Å². The number of nitrogens with zero attached hydrogens (tertiary/aromatic N) is 1. The molecule has 0 saturated carbocycles. The van der Waals surface area contributed by atoms with Crippen LogP contribution >= 0.6 is 39.9 Å². The number of benzene rings is 1. The normalized spacial score (nSPS) is 15.6. The molecule has 3 N–H and O–H groups in total. The van der Waals surface area contributed by atoms with Gasteiger partial charge in [0.2, 0.25) is 5.91 Å². The molecule has 1 aromatic rings. The number of phenols is 1. The molecule has 1 aromatic carbocycles. The summed E-state index contributed by atoms with van der Waals surface area (Å²) in [6, 6.07) is 4.84. The van der Waals surface area contributed by atoms with Gasteiger partial charge in [0, 0.05) is 23.0 Å². The molecule has 138 valence electrons. The third kappa shape index (κ3) is 5.55. The topological polar surface area (TPSA) is 107 Å². The maximum atomic E-state index is 12.5. The van der Waals surface area contributed by atoms with Gasteiger partial charge < -0.3 is 15.5 Å². The van der Waals surface area contributed by atoms with E-state index < -0.39 is 17.8 Å². The number of halogens is 1. The zero-order valence-corrected chi connectivity index (χ0v) is 16.6. The molecule has 0 aromatic heterocycles. The molecule has 0 bridgehead atoms. The molecule has 1 saturated heterocycles. The number of aliphatic carboxylic acids is 1. The zero-order chi connectivity index (χ0) is 19.3. The smallest absolute Gasteiger partial charge is 0.303 e. The Labute approximate surface area is 167 Å². The van der Waals surface area contributed by atoms with Crippen molar-refractivity contribution >= 4 is 68.1 Å². The minimum absolute atomic E-state index is 0.0228. The van der Waals surface area contributed by atoms with E-state index in [1.54, 1.807) is 12.1 Å². The van der Waals surface area contributed by atoms with Crippen molar-refractivity contribution in [3.63, 3.8) is 0 Å². The number of thiocarbonyl (C=S) groups is 1. The molecule has 1 aliphatic heterocycles. The number of carboxylic acids is 1. The van der Waals surface area contributed by atoms with Crippen LogP contribution in [0.15, 0.2) is 27.6 Å². The first-order chi connectivity index (χ1) is 12.3. The van der Waals surface area contributed by atoms with Crippen molar-refractivity contribution in [3.8, 4) is 5.75 Å². The fraction of sp³-hybridized carbons (Fsp3) is 0.250. The van der Waals surface area contributed by atoms with Gasteiger partial charge in [0.25, 0.3) is 5.91 Å². The lowest BCUT2D eigenvalue weighted by Crippen LogP contribution is -2.39. The summed E-state index contributed by atoms with van der Waals surface area (Å²) in [6.45, 7) is -0.0266. The molecular formula is C16H15BrN2O5S2. The number of hydrogen-bond acceptors (Lipinski definition) is 6. The Bertz CT molecular complexity index is 797. The molecule has 7 nitrogen and oxygen atoms in total. The highest BCUT2D eigenvalue weighted by atomic mass is 79.9. The monoisotopic (exact) mass is 458 g/mol. The van der Waals surface area contributed by atoms with E-state index in [0.29, 0.717) is 16.9 Å². The number of thioether (sulfide) groups is 1. The zero-order valence-electron chi connectivity index (χ0n) is 13.4. The highest BCUT2D eigenvalue weighted by Crippen LogP contribution is 2.34. The van der Waals surface area contributed by atoms with Crippen molar-refractivity contribution in [3.05, 3.63) is 33.1 Å². The summed E-state index contributed by atoms with van der Waals surface area (Å²) in [5.41, 5.74) is 0.456. The van der Waals surface area contributed by atoms with E-state index in [4.69, 9.17) is 17.3 Å². The second-order valence-corrected chi connectivity index (χ2v) is 7.91. The van der Waals surface area contributed by atoms with E-state index >= 15 is 0 Å². The average Bonchev–Trinajstić information content (AvgIpc) is 2.82. The Hall–Kier alpha value is -1.91. The fourth-order valence-electron chi connectivity index (χ4n) is 2.09. The minimum atomic E-state index is -0.933. The molecule has 2 rings (SSSR count). The Balaban J connectivity index is 2.00. The lowest BCUT2D eigenvalue weighted by atomic mass is 10.2. The van der Waals surface area contributed by atoms with Crippen molar-refractivity contribution in [2.24, 2.45) is 0 Å². The van der Waals surface area contributed by atoms with Crippen LogP contribution in [0, 0.1) is 0 Å². The lowest BCUT2D eigenvalue weighted by Gasteiger charge is -2.14. The van der Waals surface area contributed by atoms with Crippen molar-refractivity contribution in [2.45, 2.75) is 12.8 Å². The molecule has 0 radical (unpaired) electrons. The number of phenolic OH excluding ortho intramolecular Hbond substituents is 1. The molecule has 1 aliphatic rings. The molecular weight excluding hydrogens is 444 g/mol. The highest BCUT2D eigenvalue weighted by Gasteiger charge is 2.33. The molecule has 2 amide bonds. The Morgan fingerprint density at radius 1 is 1.38 bits per heavy atom. The van der Waals surface area contributed by atoms with Gasteiger partial charge >= 0.3 is 5.97 Å². The molecule has 0 spiro atoms. The summed E-state index contributed by atoms with van der Waals surface area (Å²) in [4.78, 5) is 36.3. The Morgan fingerprint density at radius 3 is 2.81 bits per heavy atom. The van der Waals surface area contributed by atoms with E-state index in [9.17, 15) is 19.5 Å². The Kier molecular flexibility index (Phi) is 7.18. The Morgan fingerprint density at radius 2 is 2.12 bits per heavy atom. The van der Waals surface area contributed by atoms with E-state index in [2.05, 4.69) is 21.2 Å². The van der Waals surface area contributed by atoms with Crippen LogP contribution in [0.5, 0.6) is 5.75 Å². The van der Waals surface area contributed by atoms with Gasteiger partial charge in [-0.15, -0.1) is 0 Å². The maximum Gasteiger partial charge on any atom is 0.303 e. The van der Waals surface area contributed by atoms with Crippen LogP contribution in [-0.2, 0) is 14.4 Å². The first-order valence-corrected chi connectivity index (χ1v) is 9.52. The summed E-state index contributed by atoms with van der Waals surface area (Å²) in [5, 5.41) is 21.0. The molecule has 10 heteroatoms. The summed E-state index contributed by atoms with van der Waals surface area (Å²) in [5.74, 6) is -1.75. The maximum absolute atomic E-state index is 12.5. The fourth-order valence-corrected chi connectivity index (χ4v) is 3.71. The van der Waals surface area contributed by atoms with E-state index in [1.165, 1.54) is 17.0 Å². The van der Waals surface area contributed by atoms with Gasteiger partial charge in [-0.3, -0.25) is 19.3 Å². The summed E-state index contributed by atoms with van der Waals surface area (Å²) >= 11 is 9.50. The van der Waals surface area contributed by atoms with Crippen molar-refractivity contribution in [1.82, 2.24) is 10.2 Å². The van der Waals surface area contributed by atoms with Crippen molar-refractivity contribution in [1.29, 1.82) is 0 Å². The number of rotatable bonds is 7. The third-order valence-electron chi connectivity index (χ3n) is 3.34. The van der Waals surface area contributed by atoms with Crippen LogP contribution in [0.2, 0.25) is 0 Å². The first-order valence-electron chi connectivity index (χ1n) is 7.50. The average molecular weight is 459 g/mol. The first kappa shape index (κ1) is 20.4. The predicted molar refractivity (Wildman–Crippen MR) is 106 cm³/mol. The van der Waals surface area contributed by atoms with Gasteiger partial charge in [-0.05, 0) is 30.7 Å². The van der Waals surface area contributed by atoms with Crippen LogP contribution in [0.3, 0.4) is 0 Å². The lowest BCUT2D eigenvalue weighted by molar-refractivity contribution is -0.137. The largest absolute Gasteiger partial charge is 0.507 e. The standard InChI is InChI=1S/C16H15BrN2O5S2/c17-10-3-4-11(20)9(6-10)7-12-15(24)19(16(25)26-12)8-13(21)18-5-1-2-14(22)23/h3-4,6-7,20H,1-2,5,8H2,(H,18,21)(H,22,23)/b12-7-. The second kappa shape index (κ2) is 9.15. The number of amides is 2. The number of carbonyl (C=O) groups is 3. The summed E-state index contributed by atoms with van der Waals surface area (Å²) < 4.78 is 0.995. The highest BCUT2D eigenvalue weighted by molar-refractivity contribution is 9.10. The van der Waals surface area contributed by atoms with Gasteiger partial charge in [-0.1, -0.05) is 39.9 Å². The van der Waals surface area contributed by atoms with Crippen molar-refractivity contribution in [2.75, 3.05) is 13.1 Å². The molecule has 0 atom stereocenters. The molecule has 1 heterocycles. The molecule has 0 unspecified atom stereocenters. The molecule has 26 heavy (non-hydrogen) atoms. The van der Waals surface area contributed by atoms with Crippen LogP contribution in [0.1, 0.15) is 18.4 Å². The van der Waals surface area contributed by atoms with Gasteiger partial charge in [-0.2, -0.15) is 0 Å². The molecule has 0 aliphatic carbocycles.